The van der Waals surface area contributed by atoms with Gasteiger partial charge in [0.1, 0.15) is 5.75 Å². The van der Waals surface area contributed by atoms with E-state index in [1.54, 1.807) is 30.3 Å². The monoisotopic (exact) mass is 304 g/mol. The average molecular weight is 305 g/mol. The number of hydrogen-bond acceptors (Lipinski definition) is 3. The van der Waals surface area contributed by atoms with Crippen LogP contribution in [0, 0.1) is 0 Å². The van der Waals surface area contributed by atoms with Crippen LogP contribution in [0.5, 0.6) is 5.75 Å². The van der Waals surface area contributed by atoms with Crippen molar-refractivity contribution in [1.82, 2.24) is 0 Å². The third-order valence-electron chi connectivity index (χ3n) is 2.95. The van der Waals surface area contributed by atoms with Crippen molar-refractivity contribution in [2.24, 2.45) is 0 Å². The van der Waals surface area contributed by atoms with E-state index in [2.05, 4.69) is 5.32 Å². The van der Waals surface area contributed by atoms with E-state index in [0.29, 0.717) is 22.1 Å². The number of nitrogens with two attached hydrogens (primary N) is 1. The zero-order chi connectivity index (χ0) is 15.2. The summed E-state index contributed by atoms with van der Waals surface area (Å²) in [7, 11) is 0. The fourth-order valence-electron chi connectivity index (χ4n) is 1.86. The molecule has 0 fully saturated rings. The predicted octanol–water partition coefficient (Wildman–Crippen LogP) is 3.50. The number of amides is 1. The number of ether oxygens (including phenoxy) is 1. The van der Waals surface area contributed by atoms with E-state index < -0.39 is 0 Å². The molecule has 2 aromatic carbocycles. The van der Waals surface area contributed by atoms with E-state index in [1.807, 2.05) is 19.1 Å². The lowest BCUT2D eigenvalue weighted by Gasteiger charge is -2.10. The third kappa shape index (κ3) is 4.39. The summed E-state index contributed by atoms with van der Waals surface area (Å²) in [6, 6.07) is 12.5. The van der Waals surface area contributed by atoms with Crippen LogP contribution in [0.3, 0.4) is 0 Å². The standard InChI is InChI=1S/C16H17ClN2O2/c1-2-11-6-7-15(14(18)8-11)21-10-16(20)19-13-5-3-4-12(17)9-13/h3-9H,2,10,18H2,1H3,(H,19,20). The first-order chi connectivity index (χ1) is 10.1. The molecule has 21 heavy (non-hydrogen) atoms. The lowest BCUT2D eigenvalue weighted by Crippen LogP contribution is -2.20. The number of nitrogen functional groups attached to an aromatic ring is 1. The first-order valence-corrected chi connectivity index (χ1v) is 7.03. The highest BCUT2D eigenvalue weighted by Crippen LogP contribution is 2.22. The Morgan fingerprint density at radius 2 is 2.10 bits per heavy atom. The van der Waals surface area contributed by atoms with Crippen molar-refractivity contribution in [3.8, 4) is 5.75 Å². The highest BCUT2D eigenvalue weighted by molar-refractivity contribution is 6.30. The van der Waals surface area contributed by atoms with Crippen LogP contribution in [-0.2, 0) is 11.2 Å². The molecule has 0 aliphatic heterocycles. The molecular formula is C16H17ClN2O2. The number of benzene rings is 2. The molecule has 4 nitrogen and oxygen atoms in total. The molecule has 0 saturated carbocycles. The second-order valence-corrected chi connectivity index (χ2v) is 5.01. The zero-order valence-electron chi connectivity index (χ0n) is 11.7. The molecule has 5 heteroatoms. The Bertz CT molecular complexity index is 644. The number of anilines is 2. The summed E-state index contributed by atoms with van der Waals surface area (Å²) >= 11 is 5.85. The topological polar surface area (TPSA) is 64.3 Å². The second-order valence-electron chi connectivity index (χ2n) is 4.57. The quantitative estimate of drug-likeness (QED) is 0.831. The number of carbonyl (C=O) groups is 1. The second kappa shape index (κ2) is 6.99. The van der Waals surface area contributed by atoms with Crippen molar-refractivity contribution < 1.29 is 9.53 Å². The molecule has 2 aromatic rings. The summed E-state index contributed by atoms with van der Waals surface area (Å²) in [6.45, 7) is 1.94. The minimum Gasteiger partial charge on any atom is -0.482 e. The molecule has 0 aliphatic carbocycles. The lowest BCUT2D eigenvalue weighted by atomic mass is 10.1. The molecule has 2 rings (SSSR count). The minimum absolute atomic E-state index is 0.109. The Hall–Kier alpha value is -2.20. The van der Waals surface area contributed by atoms with Crippen LogP contribution in [0.4, 0.5) is 11.4 Å². The van der Waals surface area contributed by atoms with Gasteiger partial charge in [0.15, 0.2) is 6.61 Å². The Morgan fingerprint density at radius 3 is 2.76 bits per heavy atom. The van der Waals surface area contributed by atoms with Gasteiger partial charge in [-0.15, -0.1) is 0 Å². The molecule has 0 atom stereocenters. The van der Waals surface area contributed by atoms with Crippen molar-refractivity contribution >= 4 is 28.9 Å². The zero-order valence-corrected chi connectivity index (χ0v) is 12.5. The Balaban J connectivity index is 1.92. The molecule has 3 N–H and O–H groups in total. The predicted molar refractivity (Wildman–Crippen MR) is 85.8 cm³/mol. The molecule has 110 valence electrons. The summed E-state index contributed by atoms with van der Waals surface area (Å²) in [6.07, 6.45) is 0.903. The van der Waals surface area contributed by atoms with Crippen molar-refractivity contribution in [2.45, 2.75) is 13.3 Å². The molecule has 0 spiro atoms. The molecule has 0 heterocycles. The van der Waals surface area contributed by atoms with Gasteiger partial charge in [-0.2, -0.15) is 0 Å². The number of carbonyl (C=O) groups excluding carboxylic acids is 1. The number of nitrogens with one attached hydrogen (secondary N) is 1. The van der Waals surface area contributed by atoms with E-state index in [9.17, 15) is 4.79 Å². The minimum atomic E-state index is -0.267. The van der Waals surface area contributed by atoms with Crippen LogP contribution in [0.25, 0.3) is 0 Å². The largest absolute Gasteiger partial charge is 0.482 e. The third-order valence-corrected chi connectivity index (χ3v) is 3.18. The maximum atomic E-state index is 11.8. The summed E-state index contributed by atoms with van der Waals surface area (Å²) in [5.41, 5.74) is 8.17. The van der Waals surface area contributed by atoms with Crippen LogP contribution < -0.4 is 15.8 Å². The fourth-order valence-corrected chi connectivity index (χ4v) is 2.05. The van der Waals surface area contributed by atoms with E-state index in [1.165, 1.54) is 0 Å². The van der Waals surface area contributed by atoms with Gasteiger partial charge in [0, 0.05) is 10.7 Å². The highest BCUT2D eigenvalue weighted by Gasteiger charge is 2.06. The lowest BCUT2D eigenvalue weighted by molar-refractivity contribution is -0.118. The van der Waals surface area contributed by atoms with Gasteiger partial charge in [-0.1, -0.05) is 30.7 Å². The van der Waals surface area contributed by atoms with Crippen molar-refractivity contribution in [2.75, 3.05) is 17.7 Å². The number of halogens is 1. The number of rotatable bonds is 5. The van der Waals surface area contributed by atoms with Crippen LogP contribution in [0.2, 0.25) is 5.02 Å². The van der Waals surface area contributed by atoms with Crippen molar-refractivity contribution in [3.63, 3.8) is 0 Å². The Kier molecular flexibility index (Phi) is 5.06. The first kappa shape index (κ1) is 15.2. The number of hydrogen-bond donors (Lipinski definition) is 2. The maximum absolute atomic E-state index is 11.8. The molecule has 1 amide bonds. The van der Waals surface area contributed by atoms with Gasteiger partial charge >= 0.3 is 0 Å². The molecule has 0 saturated heterocycles. The summed E-state index contributed by atoms with van der Waals surface area (Å²) < 4.78 is 5.43. The summed E-state index contributed by atoms with van der Waals surface area (Å²) in [5.74, 6) is 0.240. The Morgan fingerprint density at radius 1 is 1.29 bits per heavy atom. The van der Waals surface area contributed by atoms with Gasteiger partial charge in [-0.05, 0) is 42.3 Å². The molecule has 0 aromatic heterocycles. The SMILES string of the molecule is CCc1ccc(OCC(=O)Nc2cccc(Cl)c2)c(N)c1. The van der Waals surface area contributed by atoms with E-state index in [-0.39, 0.29) is 12.5 Å². The maximum Gasteiger partial charge on any atom is 0.262 e. The summed E-state index contributed by atoms with van der Waals surface area (Å²) in [4.78, 5) is 11.8. The molecule has 0 bridgehead atoms. The molecule has 0 unspecified atom stereocenters. The first-order valence-electron chi connectivity index (χ1n) is 6.65. The smallest absolute Gasteiger partial charge is 0.262 e. The molecular weight excluding hydrogens is 288 g/mol. The van der Waals surface area contributed by atoms with Gasteiger partial charge in [0.25, 0.3) is 5.91 Å². The summed E-state index contributed by atoms with van der Waals surface area (Å²) in [5, 5.41) is 3.27. The van der Waals surface area contributed by atoms with Crippen LogP contribution in [0.15, 0.2) is 42.5 Å². The van der Waals surface area contributed by atoms with E-state index in [4.69, 9.17) is 22.1 Å². The average Bonchev–Trinajstić information content (AvgIpc) is 2.46. The van der Waals surface area contributed by atoms with E-state index in [0.717, 1.165) is 12.0 Å². The normalized spacial score (nSPS) is 10.2. The van der Waals surface area contributed by atoms with Gasteiger partial charge in [0.05, 0.1) is 5.69 Å². The highest BCUT2D eigenvalue weighted by atomic mass is 35.5. The number of aryl methyl sites for hydroxylation is 1. The molecule has 0 aliphatic rings. The van der Waals surface area contributed by atoms with Crippen molar-refractivity contribution in [3.05, 3.63) is 53.1 Å². The molecule has 0 radical (unpaired) electrons. The van der Waals surface area contributed by atoms with Crippen LogP contribution in [-0.4, -0.2) is 12.5 Å². The van der Waals surface area contributed by atoms with Gasteiger partial charge in [-0.3, -0.25) is 4.79 Å². The van der Waals surface area contributed by atoms with Crippen molar-refractivity contribution in [1.29, 1.82) is 0 Å². The Labute approximate surface area is 128 Å². The van der Waals surface area contributed by atoms with Crippen LogP contribution in [0.1, 0.15) is 12.5 Å². The van der Waals surface area contributed by atoms with Gasteiger partial charge < -0.3 is 15.8 Å². The van der Waals surface area contributed by atoms with Gasteiger partial charge in [0.2, 0.25) is 0 Å². The van der Waals surface area contributed by atoms with Crippen LogP contribution >= 0.6 is 11.6 Å². The van der Waals surface area contributed by atoms with Gasteiger partial charge in [-0.25, -0.2) is 0 Å². The fraction of sp³-hybridized carbons (Fsp3) is 0.188. The van der Waals surface area contributed by atoms with E-state index >= 15 is 0 Å².